The molecule has 1 fully saturated rings. The Balaban J connectivity index is 2.31. The maximum Gasteiger partial charge on any atom is 0.345 e. The fourth-order valence-electron chi connectivity index (χ4n) is 1.90. The van der Waals surface area contributed by atoms with E-state index in [-0.39, 0.29) is 31.0 Å². The number of rotatable bonds is 4. The van der Waals surface area contributed by atoms with Gasteiger partial charge in [0, 0.05) is 0 Å². The van der Waals surface area contributed by atoms with Crippen molar-refractivity contribution in [2.45, 2.75) is 25.7 Å². The summed E-state index contributed by atoms with van der Waals surface area (Å²) in [6, 6.07) is 0. The monoisotopic (exact) mass is 232 g/mol. The molecule has 2 N–H and O–H groups in total. The fourth-order valence-corrected chi connectivity index (χ4v) is 1.90. The van der Waals surface area contributed by atoms with Gasteiger partial charge in [0.2, 0.25) is 0 Å². The predicted octanol–water partition coefficient (Wildman–Crippen LogP) is 0.344. The summed E-state index contributed by atoms with van der Waals surface area (Å²) in [5, 5.41) is 16.7. The average molecular weight is 232 g/mol. The van der Waals surface area contributed by atoms with Gasteiger partial charge in [-0.2, -0.15) is 5.26 Å². The molecule has 0 heterocycles. The summed E-state index contributed by atoms with van der Waals surface area (Å²) in [6.45, 7) is -0.171. The van der Waals surface area contributed by atoms with Crippen LogP contribution in [-0.2, 0) is 19.2 Å². The van der Waals surface area contributed by atoms with E-state index in [2.05, 4.69) is 4.89 Å². The highest BCUT2D eigenvalue weighted by molar-refractivity contribution is 5.74. The van der Waals surface area contributed by atoms with E-state index in [1.165, 1.54) is 0 Å². The topological polar surface area (TPSA) is 93.1 Å². The number of aliphatic hydroxyl groups excluding tert-OH is 1. The van der Waals surface area contributed by atoms with Gasteiger partial charge in [-0.05, 0) is 25.7 Å². The lowest BCUT2D eigenvalue weighted by Crippen LogP contribution is -2.28. The molecule has 0 unspecified atom stereocenters. The second-order valence-electron chi connectivity index (χ2n) is 3.85. The lowest BCUT2D eigenvalue weighted by atomic mass is 9.82. The van der Waals surface area contributed by atoms with Gasteiger partial charge in [-0.25, -0.2) is 4.79 Å². The summed E-state index contributed by atoms with van der Waals surface area (Å²) >= 11 is 0. The zero-order valence-corrected chi connectivity index (χ0v) is 8.92. The number of hydrogen-bond donors (Lipinski definition) is 2. The van der Waals surface area contributed by atoms with Crippen molar-refractivity contribution in [2.75, 3.05) is 13.2 Å². The highest BCUT2D eigenvalue weighted by Gasteiger charge is 2.31. The first-order valence-electron chi connectivity index (χ1n) is 5.31. The van der Waals surface area contributed by atoms with Gasteiger partial charge in [-0.1, -0.05) is 0 Å². The first-order chi connectivity index (χ1) is 7.69. The Morgan fingerprint density at radius 1 is 1.06 bits per heavy atom. The zero-order valence-electron chi connectivity index (χ0n) is 8.92. The van der Waals surface area contributed by atoms with Crippen LogP contribution in [0.1, 0.15) is 25.7 Å². The van der Waals surface area contributed by atoms with Crippen LogP contribution >= 0.6 is 0 Å². The molecule has 0 saturated heterocycles. The lowest BCUT2D eigenvalue weighted by Gasteiger charge is -2.24. The van der Waals surface area contributed by atoms with Crippen molar-refractivity contribution in [1.29, 1.82) is 0 Å². The number of aliphatic hydroxyl groups is 1. The van der Waals surface area contributed by atoms with Crippen LogP contribution in [-0.4, -0.2) is 35.5 Å². The standard InChI is InChI=1S/C10H16O6/c11-5-6-15-9(12)7-1-3-8(4-2-7)10(13)16-14/h7-8,11,14H,1-6H2. The van der Waals surface area contributed by atoms with Gasteiger partial charge in [0.05, 0.1) is 18.4 Å². The minimum atomic E-state index is -0.637. The molecule has 0 amide bonds. The van der Waals surface area contributed by atoms with Crippen molar-refractivity contribution >= 4 is 11.9 Å². The van der Waals surface area contributed by atoms with Crippen LogP contribution < -0.4 is 0 Å². The van der Waals surface area contributed by atoms with Crippen molar-refractivity contribution in [1.82, 2.24) is 0 Å². The van der Waals surface area contributed by atoms with Crippen molar-refractivity contribution in [3.05, 3.63) is 0 Å². The number of ether oxygens (including phenoxy) is 1. The molecule has 1 saturated carbocycles. The molecule has 1 rings (SSSR count). The van der Waals surface area contributed by atoms with Gasteiger partial charge in [0.15, 0.2) is 0 Å². The highest BCUT2D eigenvalue weighted by atomic mass is 17.1. The molecule has 16 heavy (non-hydrogen) atoms. The van der Waals surface area contributed by atoms with Crippen molar-refractivity contribution in [2.24, 2.45) is 11.8 Å². The SMILES string of the molecule is O=C(OO)C1CCC(C(=O)OCCO)CC1. The molecule has 1 aliphatic carbocycles. The Morgan fingerprint density at radius 3 is 2.00 bits per heavy atom. The maximum atomic E-state index is 11.4. The quantitative estimate of drug-likeness (QED) is 0.412. The molecule has 0 radical (unpaired) electrons. The minimum absolute atomic E-state index is 0.0114. The van der Waals surface area contributed by atoms with Gasteiger partial charge >= 0.3 is 11.9 Å². The van der Waals surface area contributed by atoms with Crippen LogP contribution in [0.25, 0.3) is 0 Å². The molecule has 0 aromatic carbocycles. The Hall–Kier alpha value is -1.14. The summed E-state index contributed by atoms with van der Waals surface area (Å²) in [5.74, 6) is -1.51. The van der Waals surface area contributed by atoms with E-state index in [0.29, 0.717) is 25.7 Å². The van der Waals surface area contributed by atoms with Gasteiger partial charge in [0.25, 0.3) is 0 Å². The summed E-state index contributed by atoms with van der Waals surface area (Å²) in [5.41, 5.74) is 0. The lowest BCUT2D eigenvalue weighted by molar-refractivity contribution is -0.240. The number of carbonyl (C=O) groups excluding carboxylic acids is 2. The van der Waals surface area contributed by atoms with E-state index in [4.69, 9.17) is 15.1 Å². The molecular formula is C10H16O6. The summed E-state index contributed by atoms with van der Waals surface area (Å²) in [7, 11) is 0. The molecule has 6 heteroatoms. The summed E-state index contributed by atoms with van der Waals surface area (Å²) in [4.78, 5) is 26.1. The average Bonchev–Trinajstić information content (AvgIpc) is 2.35. The second kappa shape index (κ2) is 6.44. The van der Waals surface area contributed by atoms with E-state index >= 15 is 0 Å². The third kappa shape index (κ3) is 3.46. The van der Waals surface area contributed by atoms with Crippen molar-refractivity contribution in [3.63, 3.8) is 0 Å². The highest BCUT2D eigenvalue weighted by Crippen LogP contribution is 2.30. The first-order valence-corrected chi connectivity index (χ1v) is 5.31. The van der Waals surface area contributed by atoms with E-state index in [1.54, 1.807) is 0 Å². The Kier molecular flexibility index (Phi) is 5.21. The molecule has 92 valence electrons. The van der Waals surface area contributed by atoms with E-state index < -0.39 is 5.97 Å². The van der Waals surface area contributed by atoms with Crippen LogP contribution in [0.5, 0.6) is 0 Å². The van der Waals surface area contributed by atoms with Gasteiger partial charge in [-0.3, -0.25) is 4.79 Å². The second-order valence-corrected chi connectivity index (χ2v) is 3.85. The minimum Gasteiger partial charge on any atom is -0.463 e. The fraction of sp³-hybridized carbons (Fsp3) is 0.800. The van der Waals surface area contributed by atoms with Gasteiger partial charge < -0.3 is 14.7 Å². The van der Waals surface area contributed by atoms with Crippen LogP contribution in [0.2, 0.25) is 0 Å². The third-order valence-corrected chi connectivity index (χ3v) is 2.82. The summed E-state index contributed by atoms with van der Waals surface area (Å²) < 4.78 is 4.80. The van der Waals surface area contributed by atoms with Crippen LogP contribution in [0.3, 0.4) is 0 Å². The van der Waals surface area contributed by atoms with Crippen molar-refractivity contribution < 1.29 is 29.6 Å². The third-order valence-electron chi connectivity index (χ3n) is 2.82. The summed E-state index contributed by atoms with van der Waals surface area (Å²) in [6.07, 6.45) is 2.12. The number of carbonyl (C=O) groups is 2. The van der Waals surface area contributed by atoms with Gasteiger partial charge in [0.1, 0.15) is 6.61 Å². The normalized spacial score (nSPS) is 24.9. The van der Waals surface area contributed by atoms with Crippen LogP contribution in [0.4, 0.5) is 0 Å². The molecule has 0 bridgehead atoms. The Bertz CT molecular complexity index is 244. The largest absolute Gasteiger partial charge is 0.463 e. The maximum absolute atomic E-state index is 11.4. The van der Waals surface area contributed by atoms with E-state index in [9.17, 15) is 9.59 Å². The predicted molar refractivity (Wildman–Crippen MR) is 52.2 cm³/mol. The molecule has 0 spiro atoms. The molecule has 0 aromatic rings. The van der Waals surface area contributed by atoms with Crippen LogP contribution in [0, 0.1) is 11.8 Å². The number of esters is 1. The molecule has 0 atom stereocenters. The van der Waals surface area contributed by atoms with E-state index in [1.807, 2.05) is 0 Å². The molecule has 0 aromatic heterocycles. The van der Waals surface area contributed by atoms with E-state index in [0.717, 1.165) is 0 Å². The molecule has 0 aliphatic heterocycles. The molecular weight excluding hydrogens is 216 g/mol. The van der Waals surface area contributed by atoms with Crippen molar-refractivity contribution in [3.8, 4) is 0 Å². The smallest absolute Gasteiger partial charge is 0.345 e. The molecule has 6 nitrogen and oxygen atoms in total. The zero-order chi connectivity index (χ0) is 12.0. The Labute approximate surface area is 93.1 Å². The number of hydrogen-bond acceptors (Lipinski definition) is 6. The molecule has 1 aliphatic rings. The van der Waals surface area contributed by atoms with Crippen LogP contribution in [0.15, 0.2) is 0 Å². The Morgan fingerprint density at radius 2 is 1.56 bits per heavy atom. The van der Waals surface area contributed by atoms with Gasteiger partial charge in [-0.15, -0.1) is 0 Å². The first kappa shape index (κ1) is 12.9.